The quantitative estimate of drug-likeness (QED) is 0.483. The summed E-state index contributed by atoms with van der Waals surface area (Å²) in [5.41, 5.74) is 0.787. The van der Waals surface area contributed by atoms with Gasteiger partial charge in [0.1, 0.15) is 5.82 Å². The van der Waals surface area contributed by atoms with Crippen molar-refractivity contribution < 1.29 is 31.9 Å². The fourth-order valence-electron chi connectivity index (χ4n) is 3.21. The van der Waals surface area contributed by atoms with Crippen LogP contribution in [0.5, 0.6) is 0 Å². The van der Waals surface area contributed by atoms with Crippen molar-refractivity contribution in [1.29, 1.82) is 0 Å². The van der Waals surface area contributed by atoms with Gasteiger partial charge in [0.2, 0.25) is 10.0 Å². The second-order valence-electron chi connectivity index (χ2n) is 8.48. The van der Waals surface area contributed by atoms with E-state index in [-0.39, 0.29) is 36.6 Å². The third-order valence-electron chi connectivity index (χ3n) is 5.17. The fourth-order valence-corrected chi connectivity index (χ4v) is 4.64. The van der Waals surface area contributed by atoms with Crippen molar-refractivity contribution in [2.75, 3.05) is 32.9 Å². The molecule has 3 rings (SSSR count). The summed E-state index contributed by atoms with van der Waals surface area (Å²) in [6, 6.07) is 9.88. The Morgan fingerprint density at radius 1 is 1.06 bits per heavy atom. The van der Waals surface area contributed by atoms with Crippen molar-refractivity contribution in [2.45, 2.75) is 31.1 Å². The predicted molar refractivity (Wildman–Crippen MR) is 116 cm³/mol. The Morgan fingerprint density at radius 2 is 1.69 bits per heavy atom. The molecule has 0 aromatic heterocycles. The zero-order valence-electron chi connectivity index (χ0n) is 18.3. The van der Waals surface area contributed by atoms with Gasteiger partial charge in [-0.1, -0.05) is 45.0 Å². The molecular formula is C23H26FNO6S. The standard InChI is InChI=1S/C23H26FNO6S/c1-23(2,3)17-6-4-16(5-7-17)21(26)15-31-22(27)19-14-18(8-9-20(19)24)32(28,29)25-10-12-30-13-11-25/h4-9,14H,10-13,15H2,1-3H3. The highest BCUT2D eigenvalue weighted by molar-refractivity contribution is 7.89. The number of morpholine rings is 1. The lowest BCUT2D eigenvalue weighted by Crippen LogP contribution is -2.40. The van der Waals surface area contributed by atoms with Gasteiger partial charge in [0.25, 0.3) is 0 Å². The molecule has 0 radical (unpaired) electrons. The molecule has 1 heterocycles. The monoisotopic (exact) mass is 463 g/mol. The Bertz CT molecular complexity index is 1100. The van der Waals surface area contributed by atoms with Crippen LogP contribution in [0.15, 0.2) is 47.4 Å². The molecule has 0 spiro atoms. The van der Waals surface area contributed by atoms with E-state index in [9.17, 15) is 22.4 Å². The van der Waals surface area contributed by atoms with E-state index in [4.69, 9.17) is 9.47 Å². The molecule has 9 heteroatoms. The third kappa shape index (κ3) is 5.40. The molecule has 0 bridgehead atoms. The molecule has 1 fully saturated rings. The van der Waals surface area contributed by atoms with Crippen LogP contribution in [0, 0.1) is 5.82 Å². The van der Waals surface area contributed by atoms with E-state index in [2.05, 4.69) is 0 Å². The van der Waals surface area contributed by atoms with Crippen LogP contribution >= 0.6 is 0 Å². The maximum Gasteiger partial charge on any atom is 0.341 e. The van der Waals surface area contributed by atoms with Gasteiger partial charge in [-0.15, -0.1) is 0 Å². The van der Waals surface area contributed by atoms with Crippen molar-refractivity contribution in [3.8, 4) is 0 Å². The summed E-state index contributed by atoms with van der Waals surface area (Å²) in [7, 11) is -3.91. The number of ether oxygens (including phenoxy) is 2. The molecule has 0 N–H and O–H groups in total. The summed E-state index contributed by atoms with van der Waals surface area (Å²) in [5, 5.41) is 0. The Labute approximate surface area is 187 Å². The molecule has 2 aromatic rings. The lowest BCUT2D eigenvalue weighted by atomic mass is 9.86. The minimum absolute atomic E-state index is 0.0713. The molecule has 172 valence electrons. The van der Waals surface area contributed by atoms with Crippen molar-refractivity contribution >= 4 is 21.8 Å². The van der Waals surface area contributed by atoms with E-state index >= 15 is 0 Å². The molecule has 0 saturated carbocycles. The number of rotatable bonds is 6. The molecular weight excluding hydrogens is 437 g/mol. The number of ketones is 1. The van der Waals surface area contributed by atoms with Crippen LogP contribution in [0.25, 0.3) is 0 Å². The maximum absolute atomic E-state index is 14.2. The van der Waals surface area contributed by atoms with Crippen molar-refractivity contribution in [3.63, 3.8) is 0 Å². The summed E-state index contributed by atoms with van der Waals surface area (Å²) >= 11 is 0. The Kier molecular flexibility index (Phi) is 7.12. The highest BCUT2D eigenvalue weighted by atomic mass is 32.2. The third-order valence-corrected chi connectivity index (χ3v) is 7.07. The molecule has 1 saturated heterocycles. The van der Waals surface area contributed by atoms with E-state index in [1.165, 1.54) is 4.31 Å². The van der Waals surface area contributed by atoms with Gasteiger partial charge < -0.3 is 9.47 Å². The van der Waals surface area contributed by atoms with Crippen LogP contribution in [0.4, 0.5) is 4.39 Å². The number of hydrogen-bond acceptors (Lipinski definition) is 6. The number of esters is 1. The summed E-state index contributed by atoms with van der Waals surface area (Å²) in [4.78, 5) is 24.5. The van der Waals surface area contributed by atoms with Gasteiger partial charge in [0.05, 0.1) is 23.7 Å². The molecule has 1 aliphatic heterocycles. The number of sulfonamides is 1. The van der Waals surface area contributed by atoms with Gasteiger partial charge in [0.15, 0.2) is 12.4 Å². The minimum Gasteiger partial charge on any atom is -0.454 e. The molecule has 0 unspecified atom stereocenters. The summed E-state index contributed by atoms with van der Waals surface area (Å²) in [5.74, 6) is -2.49. The SMILES string of the molecule is CC(C)(C)c1ccc(C(=O)COC(=O)c2cc(S(=O)(=O)N3CCOCC3)ccc2F)cc1. The van der Waals surface area contributed by atoms with Crippen LogP contribution in [-0.4, -0.2) is 57.4 Å². The molecule has 32 heavy (non-hydrogen) atoms. The van der Waals surface area contributed by atoms with E-state index < -0.39 is 39.8 Å². The van der Waals surface area contributed by atoms with E-state index in [0.717, 1.165) is 23.8 Å². The van der Waals surface area contributed by atoms with E-state index in [0.29, 0.717) is 5.56 Å². The van der Waals surface area contributed by atoms with Crippen LogP contribution in [0.1, 0.15) is 47.1 Å². The molecule has 0 aliphatic carbocycles. The Balaban J connectivity index is 1.71. The highest BCUT2D eigenvalue weighted by Crippen LogP contribution is 2.23. The highest BCUT2D eigenvalue weighted by Gasteiger charge is 2.28. The number of hydrogen-bond donors (Lipinski definition) is 0. The van der Waals surface area contributed by atoms with Crippen LogP contribution in [0.3, 0.4) is 0 Å². The number of carbonyl (C=O) groups excluding carboxylic acids is 2. The molecule has 2 aromatic carbocycles. The first kappa shape index (κ1) is 24.0. The normalized spacial score (nSPS) is 15.4. The van der Waals surface area contributed by atoms with Gasteiger partial charge in [-0.25, -0.2) is 17.6 Å². The number of halogens is 1. The van der Waals surface area contributed by atoms with Crippen LogP contribution in [-0.2, 0) is 24.9 Å². The van der Waals surface area contributed by atoms with Crippen molar-refractivity contribution in [3.05, 3.63) is 65.0 Å². The number of nitrogens with zero attached hydrogens (tertiary/aromatic N) is 1. The van der Waals surface area contributed by atoms with Crippen molar-refractivity contribution in [1.82, 2.24) is 4.31 Å². The average molecular weight is 464 g/mol. The second-order valence-corrected chi connectivity index (χ2v) is 10.4. The zero-order valence-corrected chi connectivity index (χ0v) is 19.1. The topological polar surface area (TPSA) is 90.0 Å². The Morgan fingerprint density at radius 3 is 2.28 bits per heavy atom. The average Bonchev–Trinajstić information content (AvgIpc) is 2.77. The minimum atomic E-state index is -3.91. The first-order chi connectivity index (χ1) is 15.0. The van der Waals surface area contributed by atoms with Gasteiger partial charge >= 0.3 is 5.97 Å². The second kappa shape index (κ2) is 9.48. The number of carbonyl (C=O) groups is 2. The Hall–Kier alpha value is -2.62. The van der Waals surface area contributed by atoms with Gasteiger partial charge in [-0.3, -0.25) is 4.79 Å². The van der Waals surface area contributed by atoms with Crippen LogP contribution in [0.2, 0.25) is 0 Å². The smallest absolute Gasteiger partial charge is 0.341 e. The lowest BCUT2D eigenvalue weighted by Gasteiger charge is -2.26. The first-order valence-electron chi connectivity index (χ1n) is 10.2. The predicted octanol–water partition coefficient (Wildman–Crippen LogP) is 3.18. The summed E-state index contributed by atoms with van der Waals surface area (Å²) < 4.78 is 51.1. The lowest BCUT2D eigenvalue weighted by molar-refractivity contribution is 0.0469. The number of benzene rings is 2. The van der Waals surface area contributed by atoms with E-state index in [1.54, 1.807) is 12.1 Å². The molecule has 0 amide bonds. The molecule has 1 aliphatic rings. The summed E-state index contributed by atoms with van der Waals surface area (Å²) in [6.45, 7) is 6.41. The molecule has 0 atom stereocenters. The maximum atomic E-state index is 14.2. The number of Topliss-reactive ketones (excluding diaryl/α,β-unsaturated/α-hetero) is 1. The van der Waals surface area contributed by atoms with Gasteiger partial charge in [-0.2, -0.15) is 4.31 Å². The fraction of sp³-hybridized carbons (Fsp3) is 0.391. The molecule has 7 nitrogen and oxygen atoms in total. The van der Waals surface area contributed by atoms with Gasteiger partial charge in [-0.05, 0) is 29.2 Å². The van der Waals surface area contributed by atoms with Gasteiger partial charge in [0, 0.05) is 18.7 Å². The van der Waals surface area contributed by atoms with E-state index in [1.807, 2.05) is 32.9 Å². The zero-order chi connectivity index (χ0) is 23.5. The largest absolute Gasteiger partial charge is 0.454 e. The first-order valence-corrected chi connectivity index (χ1v) is 11.6. The van der Waals surface area contributed by atoms with Crippen molar-refractivity contribution in [2.24, 2.45) is 0 Å². The van der Waals surface area contributed by atoms with Crippen LogP contribution < -0.4 is 0 Å². The summed E-state index contributed by atoms with van der Waals surface area (Å²) in [6.07, 6.45) is 0.